The number of hydrogen-bond donors (Lipinski definition) is 1. The van der Waals surface area contributed by atoms with Crippen molar-refractivity contribution in [3.8, 4) is 0 Å². The number of benzene rings is 2. The molecule has 0 spiro atoms. The number of carbonyl (C=O) groups excluding carboxylic acids is 3. The molecule has 28 heavy (non-hydrogen) atoms. The summed E-state index contributed by atoms with van der Waals surface area (Å²) in [5.41, 5.74) is 1.33. The van der Waals surface area contributed by atoms with Gasteiger partial charge in [-0.05, 0) is 37.6 Å². The third kappa shape index (κ3) is 3.48. The normalized spacial score (nSPS) is 12.9. The highest BCUT2D eigenvalue weighted by atomic mass is 16.6. The van der Waals surface area contributed by atoms with Crippen LogP contribution in [-0.2, 0) is 0 Å². The van der Waals surface area contributed by atoms with Crippen molar-refractivity contribution in [2.45, 2.75) is 26.7 Å². The van der Waals surface area contributed by atoms with Crippen LogP contribution < -0.4 is 5.32 Å². The minimum absolute atomic E-state index is 0.0981. The van der Waals surface area contributed by atoms with Gasteiger partial charge in [-0.15, -0.1) is 0 Å². The molecule has 144 valence electrons. The van der Waals surface area contributed by atoms with Gasteiger partial charge in [-0.25, -0.2) is 0 Å². The van der Waals surface area contributed by atoms with E-state index in [1.807, 2.05) is 6.92 Å². The predicted molar refractivity (Wildman–Crippen MR) is 103 cm³/mol. The number of amides is 3. The van der Waals surface area contributed by atoms with Gasteiger partial charge in [0.15, 0.2) is 0 Å². The van der Waals surface area contributed by atoms with Gasteiger partial charge in [-0.1, -0.05) is 19.4 Å². The largest absolute Gasteiger partial charge is 0.322 e. The Morgan fingerprint density at radius 3 is 2.50 bits per heavy atom. The van der Waals surface area contributed by atoms with Crippen molar-refractivity contribution >= 4 is 29.1 Å². The van der Waals surface area contributed by atoms with E-state index in [0.29, 0.717) is 18.5 Å². The lowest BCUT2D eigenvalue weighted by Crippen LogP contribution is -2.30. The fraction of sp³-hybridized carbons (Fsp3) is 0.250. The number of nitro benzene ring substituents is 1. The number of fused-ring (bicyclic) bond motifs is 1. The van der Waals surface area contributed by atoms with Crippen LogP contribution in [0.2, 0.25) is 0 Å². The zero-order valence-electron chi connectivity index (χ0n) is 15.5. The maximum atomic E-state index is 12.5. The van der Waals surface area contributed by atoms with E-state index in [9.17, 15) is 24.5 Å². The van der Waals surface area contributed by atoms with Gasteiger partial charge in [-0.2, -0.15) is 0 Å². The quantitative estimate of drug-likeness (QED) is 0.467. The molecule has 3 rings (SSSR count). The van der Waals surface area contributed by atoms with Crippen LogP contribution in [0.5, 0.6) is 0 Å². The lowest BCUT2D eigenvalue weighted by Gasteiger charge is -2.12. The van der Waals surface area contributed by atoms with Gasteiger partial charge in [0.2, 0.25) is 0 Å². The molecule has 1 N–H and O–H groups in total. The minimum Gasteiger partial charge on any atom is -0.322 e. The predicted octanol–water partition coefficient (Wildman–Crippen LogP) is 3.55. The van der Waals surface area contributed by atoms with Crippen LogP contribution >= 0.6 is 0 Å². The molecule has 1 heterocycles. The first-order chi connectivity index (χ1) is 13.3. The molecular weight excluding hydrogens is 362 g/mol. The number of rotatable bonds is 6. The van der Waals surface area contributed by atoms with Crippen LogP contribution in [0, 0.1) is 17.0 Å². The van der Waals surface area contributed by atoms with Crippen LogP contribution in [0.25, 0.3) is 0 Å². The van der Waals surface area contributed by atoms with Gasteiger partial charge in [0, 0.05) is 29.4 Å². The Kier molecular flexibility index (Phi) is 5.21. The Labute approximate surface area is 161 Å². The summed E-state index contributed by atoms with van der Waals surface area (Å²) in [6, 6.07) is 8.71. The molecule has 0 saturated heterocycles. The molecule has 8 nitrogen and oxygen atoms in total. The number of hydrogen-bond acceptors (Lipinski definition) is 5. The van der Waals surface area contributed by atoms with E-state index < -0.39 is 16.7 Å². The van der Waals surface area contributed by atoms with E-state index in [1.165, 1.54) is 29.2 Å². The lowest BCUT2D eigenvalue weighted by atomic mass is 10.1. The SMILES string of the molecule is CCCCN1C(=O)c2ccc(C(=O)Nc3ccc(C)c([N+](=O)[O-])c3)cc2C1=O. The summed E-state index contributed by atoms with van der Waals surface area (Å²) in [5.74, 6) is -1.28. The second-order valence-electron chi connectivity index (χ2n) is 6.59. The maximum Gasteiger partial charge on any atom is 0.274 e. The number of nitrogens with zero attached hydrogens (tertiary/aromatic N) is 2. The van der Waals surface area contributed by atoms with Crippen molar-refractivity contribution in [1.82, 2.24) is 4.90 Å². The maximum absolute atomic E-state index is 12.5. The van der Waals surface area contributed by atoms with E-state index in [0.717, 1.165) is 6.42 Å². The molecule has 0 aromatic heterocycles. The number of imide groups is 1. The number of nitrogens with one attached hydrogen (secondary N) is 1. The second kappa shape index (κ2) is 7.59. The smallest absolute Gasteiger partial charge is 0.274 e. The van der Waals surface area contributed by atoms with Crippen molar-refractivity contribution in [2.24, 2.45) is 0 Å². The zero-order chi connectivity index (χ0) is 20.4. The van der Waals surface area contributed by atoms with Crippen LogP contribution in [0.1, 0.15) is 56.4 Å². The molecule has 2 aromatic rings. The fourth-order valence-corrected chi connectivity index (χ4v) is 3.04. The average Bonchev–Trinajstić information content (AvgIpc) is 2.91. The molecule has 0 atom stereocenters. The van der Waals surface area contributed by atoms with Gasteiger partial charge >= 0.3 is 0 Å². The Bertz CT molecular complexity index is 999. The number of aryl methyl sites for hydroxylation is 1. The molecule has 1 aliphatic heterocycles. The number of nitro groups is 1. The van der Waals surface area contributed by atoms with E-state index >= 15 is 0 Å². The van der Waals surface area contributed by atoms with Gasteiger partial charge < -0.3 is 5.32 Å². The molecule has 0 fully saturated rings. The molecule has 3 amide bonds. The van der Waals surface area contributed by atoms with Gasteiger partial charge in [0.25, 0.3) is 23.4 Å². The van der Waals surface area contributed by atoms with Gasteiger partial charge in [-0.3, -0.25) is 29.4 Å². The first-order valence-corrected chi connectivity index (χ1v) is 8.90. The first kappa shape index (κ1) is 19.2. The fourth-order valence-electron chi connectivity index (χ4n) is 3.04. The highest BCUT2D eigenvalue weighted by molar-refractivity contribution is 6.22. The Morgan fingerprint density at radius 1 is 1.11 bits per heavy atom. The number of carbonyl (C=O) groups is 3. The Balaban J connectivity index is 1.83. The summed E-state index contributed by atoms with van der Waals surface area (Å²) in [4.78, 5) is 49.1. The van der Waals surface area contributed by atoms with E-state index in [4.69, 9.17) is 0 Å². The summed E-state index contributed by atoms with van der Waals surface area (Å²) in [6.07, 6.45) is 1.56. The monoisotopic (exact) mass is 381 g/mol. The molecule has 0 unspecified atom stereocenters. The molecule has 0 aliphatic carbocycles. The van der Waals surface area contributed by atoms with Crippen LogP contribution in [0.15, 0.2) is 36.4 Å². The van der Waals surface area contributed by atoms with Crippen LogP contribution in [0.4, 0.5) is 11.4 Å². The molecule has 0 saturated carbocycles. The second-order valence-corrected chi connectivity index (χ2v) is 6.59. The zero-order valence-corrected chi connectivity index (χ0v) is 15.5. The van der Waals surface area contributed by atoms with E-state index in [-0.39, 0.29) is 34.0 Å². The summed E-state index contributed by atoms with van der Waals surface area (Å²) in [7, 11) is 0. The van der Waals surface area contributed by atoms with E-state index in [1.54, 1.807) is 19.1 Å². The third-order valence-electron chi connectivity index (χ3n) is 4.63. The van der Waals surface area contributed by atoms with Crippen molar-refractivity contribution in [3.05, 3.63) is 68.8 Å². The summed E-state index contributed by atoms with van der Waals surface area (Å²) < 4.78 is 0. The summed E-state index contributed by atoms with van der Waals surface area (Å²) >= 11 is 0. The van der Waals surface area contributed by atoms with Crippen molar-refractivity contribution in [2.75, 3.05) is 11.9 Å². The van der Waals surface area contributed by atoms with Gasteiger partial charge in [0.1, 0.15) is 0 Å². The Hall–Kier alpha value is -3.55. The molecule has 0 bridgehead atoms. The van der Waals surface area contributed by atoms with Crippen LogP contribution in [-0.4, -0.2) is 34.1 Å². The standard InChI is InChI=1S/C20H19N3O5/c1-3-4-9-22-19(25)15-8-6-13(10-16(15)20(22)26)18(24)21-14-7-5-12(2)17(11-14)23(27)28/h5-8,10-11H,3-4,9H2,1-2H3,(H,21,24). The average molecular weight is 381 g/mol. The highest BCUT2D eigenvalue weighted by Gasteiger charge is 2.35. The topological polar surface area (TPSA) is 110 Å². The molecule has 8 heteroatoms. The summed E-state index contributed by atoms with van der Waals surface area (Å²) in [5, 5.41) is 13.6. The van der Waals surface area contributed by atoms with Crippen LogP contribution in [0.3, 0.4) is 0 Å². The molecule has 1 aliphatic rings. The van der Waals surface area contributed by atoms with Crippen molar-refractivity contribution in [1.29, 1.82) is 0 Å². The molecule has 0 radical (unpaired) electrons. The minimum atomic E-state index is -0.520. The Morgan fingerprint density at radius 2 is 1.82 bits per heavy atom. The highest BCUT2D eigenvalue weighted by Crippen LogP contribution is 2.26. The third-order valence-corrected chi connectivity index (χ3v) is 4.63. The molecular formula is C20H19N3O5. The van der Waals surface area contributed by atoms with Crippen molar-refractivity contribution < 1.29 is 19.3 Å². The van der Waals surface area contributed by atoms with E-state index in [2.05, 4.69) is 5.32 Å². The van der Waals surface area contributed by atoms with Crippen molar-refractivity contribution in [3.63, 3.8) is 0 Å². The number of anilines is 1. The number of unbranched alkanes of at least 4 members (excludes halogenated alkanes) is 1. The summed E-state index contributed by atoms with van der Waals surface area (Å²) in [6.45, 7) is 3.92. The lowest BCUT2D eigenvalue weighted by molar-refractivity contribution is -0.385. The molecule has 2 aromatic carbocycles. The van der Waals surface area contributed by atoms with Gasteiger partial charge in [0.05, 0.1) is 16.1 Å². The first-order valence-electron chi connectivity index (χ1n) is 8.90.